The van der Waals surface area contributed by atoms with Gasteiger partial charge in [0.2, 0.25) is 0 Å². The van der Waals surface area contributed by atoms with Crippen molar-refractivity contribution in [3.8, 4) is 0 Å². The molecule has 6 heteroatoms. The monoisotopic (exact) mass is 290 g/mol. The number of aliphatic carboxylic acids is 1. The Bertz CT molecular complexity index is 509. The molecular formula is C15H20N3O3-. The number of carbonyl (C=O) groups excluding carboxylic acids is 2. The van der Waals surface area contributed by atoms with Gasteiger partial charge < -0.3 is 25.4 Å². The van der Waals surface area contributed by atoms with Crippen LogP contribution in [0.4, 0.5) is 10.5 Å². The van der Waals surface area contributed by atoms with Crippen molar-refractivity contribution in [2.24, 2.45) is 0 Å². The second-order valence-electron chi connectivity index (χ2n) is 5.19. The minimum absolute atomic E-state index is 0.0515. The SMILES string of the molecule is CC(=O)[O-].O=C1Nc2ccccc2CN1C1CCNCC1. The van der Waals surface area contributed by atoms with Crippen LogP contribution in [0.2, 0.25) is 0 Å². The fraction of sp³-hybridized carbons (Fsp3) is 0.467. The lowest BCUT2D eigenvalue weighted by Crippen LogP contribution is -2.49. The number of rotatable bonds is 1. The van der Waals surface area contributed by atoms with E-state index < -0.39 is 5.97 Å². The number of anilines is 1. The van der Waals surface area contributed by atoms with Gasteiger partial charge >= 0.3 is 6.03 Å². The Morgan fingerprint density at radius 3 is 2.57 bits per heavy atom. The van der Waals surface area contributed by atoms with Crippen molar-refractivity contribution >= 4 is 17.7 Å². The zero-order chi connectivity index (χ0) is 15.2. The number of piperidine rings is 1. The summed E-state index contributed by atoms with van der Waals surface area (Å²) >= 11 is 0. The lowest BCUT2D eigenvalue weighted by Gasteiger charge is -2.37. The molecule has 1 aromatic rings. The highest BCUT2D eigenvalue weighted by Gasteiger charge is 2.29. The second kappa shape index (κ2) is 7.08. The molecule has 0 unspecified atom stereocenters. The summed E-state index contributed by atoms with van der Waals surface area (Å²) in [6.07, 6.45) is 2.10. The first-order valence-corrected chi connectivity index (χ1v) is 7.11. The number of carbonyl (C=O) groups is 2. The quantitative estimate of drug-likeness (QED) is 0.790. The summed E-state index contributed by atoms with van der Waals surface area (Å²) in [7, 11) is 0. The van der Waals surface area contributed by atoms with Crippen molar-refractivity contribution in [1.29, 1.82) is 0 Å². The summed E-state index contributed by atoms with van der Waals surface area (Å²) in [6, 6.07) is 8.46. The van der Waals surface area contributed by atoms with Gasteiger partial charge in [0.25, 0.3) is 0 Å². The van der Waals surface area contributed by atoms with Gasteiger partial charge in [-0.05, 0) is 44.5 Å². The van der Waals surface area contributed by atoms with Crippen LogP contribution in [-0.4, -0.2) is 36.0 Å². The Labute approximate surface area is 124 Å². The van der Waals surface area contributed by atoms with Gasteiger partial charge in [-0.2, -0.15) is 0 Å². The maximum absolute atomic E-state index is 12.1. The predicted octanol–water partition coefficient (Wildman–Crippen LogP) is 0.542. The molecule has 21 heavy (non-hydrogen) atoms. The van der Waals surface area contributed by atoms with Crippen molar-refractivity contribution in [2.45, 2.75) is 32.4 Å². The average Bonchev–Trinajstić information content (AvgIpc) is 2.47. The zero-order valence-corrected chi connectivity index (χ0v) is 12.1. The summed E-state index contributed by atoms with van der Waals surface area (Å²) in [5.41, 5.74) is 2.17. The van der Waals surface area contributed by atoms with E-state index in [1.54, 1.807) is 0 Å². The molecule has 0 radical (unpaired) electrons. The van der Waals surface area contributed by atoms with Gasteiger partial charge in [-0.15, -0.1) is 0 Å². The first kappa shape index (κ1) is 15.3. The van der Waals surface area contributed by atoms with Crippen LogP contribution in [0, 0.1) is 0 Å². The third-order valence-electron chi connectivity index (χ3n) is 3.61. The van der Waals surface area contributed by atoms with E-state index in [1.165, 1.54) is 5.56 Å². The summed E-state index contributed by atoms with van der Waals surface area (Å²) in [5.74, 6) is -1.08. The first-order valence-electron chi connectivity index (χ1n) is 7.11. The Balaban J connectivity index is 0.000000361. The third kappa shape index (κ3) is 4.19. The van der Waals surface area contributed by atoms with Crippen molar-refractivity contribution in [3.05, 3.63) is 29.8 Å². The van der Waals surface area contributed by atoms with Gasteiger partial charge in [-0.3, -0.25) is 0 Å². The number of urea groups is 1. The normalized spacial score (nSPS) is 18.1. The van der Waals surface area contributed by atoms with E-state index in [0.29, 0.717) is 6.04 Å². The zero-order valence-electron chi connectivity index (χ0n) is 12.1. The van der Waals surface area contributed by atoms with Crippen LogP contribution in [0.1, 0.15) is 25.3 Å². The van der Waals surface area contributed by atoms with Gasteiger partial charge in [0.05, 0.1) is 0 Å². The summed E-state index contributed by atoms with van der Waals surface area (Å²) in [5, 5.41) is 15.2. The number of nitrogens with one attached hydrogen (secondary N) is 2. The van der Waals surface area contributed by atoms with E-state index >= 15 is 0 Å². The maximum atomic E-state index is 12.1. The molecule has 1 saturated heterocycles. The van der Waals surface area contributed by atoms with Crippen molar-refractivity contribution in [1.82, 2.24) is 10.2 Å². The van der Waals surface area contributed by atoms with E-state index in [2.05, 4.69) is 16.7 Å². The Morgan fingerprint density at radius 2 is 1.90 bits per heavy atom. The molecule has 2 N–H and O–H groups in total. The average molecular weight is 290 g/mol. The van der Waals surface area contributed by atoms with Gasteiger partial charge in [0.1, 0.15) is 0 Å². The van der Waals surface area contributed by atoms with Crippen LogP contribution in [0.25, 0.3) is 0 Å². The number of benzene rings is 1. The standard InChI is InChI=1S/C13H17N3O.C2H4O2/c17-13-15-12-4-2-1-3-10(12)9-16(13)11-5-7-14-8-6-11;1-2(3)4/h1-4,11,14H,5-9H2,(H,15,17);1H3,(H,3,4)/p-1. The van der Waals surface area contributed by atoms with Crippen LogP contribution in [0.15, 0.2) is 24.3 Å². The highest BCUT2D eigenvalue weighted by molar-refractivity contribution is 5.92. The maximum Gasteiger partial charge on any atom is 0.322 e. The molecule has 2 amide bonds. The van der Waals surface area contributed by atoms with Crippen molar-refractivity contribution < 1.29 is 14.7 Å². The minimum Gasteiger partial charge on any atom is -0.550 e. The molecular weight excluding hydrogens is 270 g/mol. The fourth-order valence-electron chi connectivity index (χ4n) is 2.64. The van der Waals surface area contributed by atoms with Crippen molar-refractivity contribution in [3.63, 3.8) is 0 Å². The minimum atomic E-state index is -1.08. The molecule has 1 fully saturated rings. The van der Waals surface area contributed by atoms with Crippen LogP contribution >= 0.6 is 0 Å². The number of para-hydroxylation sites is 1. The fourth-order valence-corrected chi connectivity index (χ4v) is 2.64. The molecule has 0 saturated carbocycles. The van der Waals surface area contributed by atoms with E-state index in [1.807, 2.05) is 23.1 Å². The molecule has 6 nitrogen and oxygen atoms in total. The molecule has 2 heterocycles. The molecule has 2 aliphatic heterocycles. The van der Waals surface area contributed by atoms with E-state index in [9.17, 15) is 4.79 Å². The molecule has 2 aliphatic rings. The highest BCUT2D eigenvalue weighted by Crippen LogP contribution is 2.26. The largest absolute Gasteiger partial charge is 0.550 e. The van der Waals surface area contributed by atoms with Gasteiger partial charge in [0, 0.05) is 24.2 Å². The molecule has 0 spiro atoms. The van der Waals surface area contributed by atoms with E-state index in [4.69, 9.17) is 9.90 Å². The van der Waals surface area contributed by atoms with Crippen molar-refractivity contribution in [2.75, 3.05) is 18.4 Å². The molecule has 0 atom stereocenters. The Hall–Kier alpha value is -2.08. The molecule has 0 bridgehead atoms. The highest BCUT2D eigenvalue weighted by atomic mass is 16.4. The lowest BCUT2D eigenvalue weighted by molar-refractivity contribution is -0.302. The number of nitrogens with zero attached hydrogens (tertiary/aromatic N) is 1. The lowest BCUT2D eigenvalue weighted by atomic mass is 10.0. The molecule has 3 rings (SSSR count). The molecule has 0 aromatic heterocycles. The number of hydrogen-bond donors (Lipinski definition) is 2. The van der Waals surface area contributed by atoms with E-state index in [0.717, 1.165) is 45.1 Å². The number of carboxylic acids is 1. The molecule has 114 valence electrons. The van der Waals surface area contributed by atoms with Gasteiger partial charge in [-0.1, -0.05) is 18.2 Å². The predicted molar refractivity (Wildman–Crippen MR) is 77.6 cm³/mol. The van der Waals surface area contributed by atoms with Crippen LogP contribution in [0.3, 0.4) is 0 Å². The second-order valence-corrected chi connectivity index (χ2v) is 5.19. The first-order chi connectivity index (χ1) is 10.1. The van der Waals surface area contributed by atoms with Crippen LogP contribution < -0.4 is 15.7 Å². The summed E-state index contributed by atoms with van der Waals surface area (Å²) in [4.78, 5) is 22.9. The number of amides is 2. The van der Waals surface area contributed by atoms with Crippen LogP contribution in [0.5, 0.6) is 0 Å². The summed E-state index contributed by atoms with van der Waals surface area (Å²) in [6.45, 7) is 3.73. The number of hydrogen-bond acceptors (Lipinski definition) is 4. The Morgan fingerprint density at radius 1 is 1.29 bits per heavy atom. The van der Waals surface area contributed by atoms with Gasteiger partial charge in [-0.25, -0.2) is 4.79 Å². The van der Waals surface area contributed by atoms with E-state index in [-0.39, 0.29) is 6.03 Å². The number of carboxylic acid groups (broad SMARTS) is 1. The summed E-state index contributed by atoms with van der Waals surface area (Å²) < 4.78 is 0. The third-order valence-corrected chi connectivity index (χ3v) is 3.61. The van der Waals surface area contributed by atoms with Gasteiger partial charge in [0.15, 0.2) is 0 Å². The number of fused-ring (bicyclic) bond motifs is 1. The molecule has 0 aliphatic carbocycles. The smallest absolute Gasteiger partial charge is 0.322 e. The molecule has 1 aromatic carbocycles. The topological polar surface area (TPSA) is 84.5 Å². The Kier molecular flexibility index (Phi) is 5.16. The van der Waals surface area contributed by atoms with Crippen LogP contribution in [-0.2, 0) is 11.3 Å².